The Morgan fingerprint density at radius 1 is 1.30 bits per heavy atom. The van der Waals surface area contributed by atoms with Gasteiger partial charge in [0.05, 0.1) is 30.0 Å². The zero-order valence-electron chi connectivity index (χ0n) is 14.6. The quantitative estimate of drug-likeness (QED) is 0.361. The molecule has 27 heavy (non-hydrogen) atoms. The fourth-order valence-electron chi connectivity index (χ4n) is 2.27. The molecule has 0 radical (unpaired) electrons. The normalized spacial score (nSPS) is 10.3. The van der Waals surface area contributed by atoms with Crippen LogP contribution in [0.15, 0.2) is 52.1 Å². The molecule has 1 aromatic carbocycles. The van der Waals surface area contributed by atoms with Crippen LogP contribution in [0.25, 0.3) is 0 Å². The van der Waals surface area contributed by atoms with Crippen molar-refractivity contribution in [1.82, 2.24) is 10.1 Å². The van der Waals surface area contributed by atoms with Gasteiger partial charge in [-0.15, -0.1) is 0 Å². The van der Waals surface area contributed by atoms with Gasteiger partial charge in [-0.2, -0.15) is 5.26 Å². The van der Waals surface area contributed by atoms with Gasteiger partial charge >= 0.3 is 5.97 Å². The summed E-state index contributed by atoms with van der Waals surface area (Å²) in [6.45, 7) is 1.82. The zero-order chi connectivity index (χ0) is 19.2. The van der Waals surface area contributed by atoms with Gasteiger partial charge in [0.25, 0.3) is 0 Å². The van der Waals surface area contributed by atoms with Crippen LogP contribution in [0.4, 0.5) is 0 Å². The minimum atomic E-state index is -0.565. The monoisotopic (exact) mass is 381 g/mol. The van der Waals surface area contributed by atoms with Crippen molar-refractivity contribution in [2.75, 3.05) is 7.11 Å². The van der Waals surface area contributed by atoms with Gasteiger partial charge in [-0.05, 0) is 31.2 Å². The second-order valence-corrected chi connectivity index (χ2v) is 6.40. The molecule has 3 aromatic rings. The first kappa shape index (κ1) is 18.5. The van der Waals surface area contributed by atoms with Crippen molar-refractivity contribution >= 4 is 17.7 Å². The molecule has 0 aliphatic rings. The highest BCUT2D eigenvalue weighted by Gasteiger charge is 2.18. The summed E-state index contributed by atoms with van der Waals surface area (Å²) >= 11 is 1.36. The molecule has 0 saturated carbocycles. The SMILES string of the molecule is COc1cc(C#N)ccc1OC(=O)c1cccnc1SCc1cc(C)on1. The summed E-state index contributed by atoms with van der Waals surface area (Å²) < 4.78 is 15.7. The molecule has 2 aromatic heterocycles. The van der Waals surface area contributed by atoms with Crippen molar-refractivity contribution in [3.63, 3.8) is 0 Å². The number of hydrogen-bond donors (Lipinski definition) is 0. The summed E-state index contributed by atoms with van der Waals surface area (Å²) in [5.74, 6) is 1.20. The molecule has 7 nitrogen and oxygen atoms in total. The van der Waals surface area contributed by atoms with Crippen molar-refractivity contribution in [1.29, 1.82) is 5.26 Å². The maximum atomic E-state index is 12.6. The lowest BCUT2D eigenvalue weighted by Gasteiger charge is -2.11. The minimum absolute atomic E-state index is 0.230. The summed E-state index contributed by atoms with van der Waals surface area (Å²) in [6, 6.07) is 11.7. The van der Waals surface area contributed by atoms with E-state index in [-0.39, 0.29) is 5.75 Å². The summed E-state index contributed by atoms with van der Waals surface area (Å²) in [5.41, 5.74) is 1.50. The third-order valence-corrected chi connectivity index (χ3v) is 4.56. The molecule has 136 valence electrons. The van der Waals surface area contributed by atoms with E-state index in [0.29, 0.717) is 27.7 Å². The number of thioether (sulfide) groups is 1. The van der Waals surface area contributed by atoms with Crippen molar-refractivity contribution in [3.05, 3.63) is 65.2 Å². The fraction of sp³-hybridized carbons (Fsp3) is 0.158. The first-order valence-corrected chi connectivity index (χ1v) is 8.89. The first-order chi connectivity index (χ1) is 13.1. The standard InChI is InChI=1S/C19H15N3O4S/c1-12-8-14(22-26-12)11-27-18-15(4-3-7-21-18)19(23)25-16-6-5-13(10-20)9-17(16)24-2/h3-9H,11H2,1-2H3. The number of nitriles is 1. The van der Waals surface area contributed by atoms with E-state index in [2.05, 4.69) is 10.1 Å². The highest BCUT2D eigenvalue weighted by Crippen LogP contribution is 2.30. The van der Waals surface area contributed by atoms with Crippen molar-refractivity contribution in [2.45, 2.75) is 17.7 Å². The molecule has 0 spiro atoms. The lowest BCUT2D eigenvalue weighted by molar-refractivity contribution is 0.0725. The van der Waals surface area contributed by atoms with Crippen LogP contribution >= 0.6 is 11.8 Å². The van der Waals surface area contributed by atoms with Crippen molar-refractivity contribution < 1.29 is 18.8 Å². The first-order valence-electron chi connectivity index (χ1n) is 7.91. The lowest BCUT2D eigenvalue weighted by atomic mass is 10.2. The fourth-order valence-corrected chi connectivity index (χ4v) is 3.13. The lowest BCUT2D eigenvalue weighted by Crippen LogP contribution is -2.11. The van der Waals surface area contributed by atoms with Crippen LogP contribution in [-0.2, 0) is 5.75 Å². The van der Waals surface area contributed by atoms with E-state index in [1.165, 1.54) is 31.0 Å². The molecule has 0 unspecified atom stereocenters. The average molecular weight is 381 g/mol. The van der Waals surface area contributed by atoms with Crippen molar-refractivity contribution in [2.24, 2.45) is 0 Å². The third-order valence-electron chi connectivity index (χ3n) is 3.52. The Labute approximate surface area is 159 Å². The van der Waals surface area contributed by atoms with E-state index >= 15 is 0 Å². The number of benzene rings is 1. The van der Waals surface area contributed by atoms with Gasteiger partial charge in [-0.3, -0.25) is 0 Å². The molecule has 0 amide bonds. The van der Waals surface area contributed by atoms with E-state index < -0.39 is 5.97 Å². The molecule has 0 aliphatic heterocycles. The largest absolute Gasteiger partial charge is 0.493 e. The molecular formula is C19H15N3O4S. The topological polar surface area (TPSA) is 98.2 Å². The highest BCUT2D eigenvalue weighted by atomic mass is 32.2. The molecule has 0 saturated heterocycles. The van der Waals surface area contributed by atoms with Gasteiger partial charge in [-0.1, -0.05) is 16.9 Å². The molecule has 0 fully saturated rings. The maximum absolute atomic E-state index is 12.6. The Balaban J connectivity index is 1.78. The average Bonchev–Trinajstić information content (AvgIpc) is 3.12. The number of pyridine rings is 1. The Morgan fingerprint density at radius 3 is 2.85 bits per heavy atom. The number of rotatable bonds is 6. The number of hydrogen-bond acceptors (Lipinski definition) is 8. The maximum Gasteiger partial charge on any atom is 0.346 e. The van der Waals surface area contributed by atoms with Crippen LogP contribution in [0.5, 0.6) is 11.5 Å². The molecule has 8 heteroatoms. The Morgan fingerprint density at radius 2 is 2.15 bits per heavy atom. The Bertz CT molecular complexity index is 1010. The van der Waals surface area contributed by atoms with Gasteiger partial charge in [0.15, 0.2) is 11.5 Å². The highest BCUT2D eigenvalue weighted by molar-refractivity contribution is 7.98. The third kappa shape index (κ3) is 4.46. The number of carbonyl (C=O) groups is 1. The van der Waals surface area contributed by atoms with Gasteiger partial charge in [0.2, 0.25) is 0 Å². The predicted octanol–water partition coefficient (Wildman–Crippen LogP) is 3.77. The van der Waals surface area contributed by atoms with E-state index in [4.69, 9.17) is 19.3 Å². The number of methoxy groups -OCH3 is 1. The number of carbonyl (C=O) groups excluding carboxylic acids is 1. The molecule has 0 atom stereocenters. The number of aryl methyl sites for hydroxylation is 1. The Hall–Kier alpha value is -3.31. The molecular weight excluding hydrogens is 366 g/mol. The predicted molar refractivity (Wildman–Crippen MR) is 97.7 cm³/mol. The second kappa shape index (κ2) is 8.38. The molecule has 0 N–H and O–H groups in total. The van der Waals surface area contributed by atoms with Crippen molar-refractivity contribution in [3.8, 4) is 17.6 Å². The zero-order valence-corrected chi connectivity index (χ0v) is 15.4. The number of nitrogens with zero attached hydrogens (tertiary/aromatic N) is 3. The van der Waals surface area contributed by atoms with Crippen LogP contribution in [0, 0.1) is 18.3 Å². The van der Waals surface area contributed by atoms with Gasteiger partial charge in [-0.25, -0.2) is 9.78 Å². The summed E-state index contributed by atoms with van der Waals surface area (Å²) in [5, 5.41) is 13.4. The van der Waals surface area contributed by atoms with E-state index in [0.717, 1.165) is 11.5 Å². The summed E-state index contributed by atoms with van der Waals surface area (Å²) in [4.78, 5) is 16.9. The van der Waals surface area contributed by atoms with Crippen LogP contribution in [0.2, 0.25) is 0 Å². The summed E-state index contributed by atoms with van der Waals surface area (Å²) in [6.07, 6.45) is 1.61. The van der Waals surface area contributed by atoms with Crippen LogP contribution in [0.1, 0.15) is 27.4 Å². The number of esters is 1. The minimum Gasteiger partial charge on any atom is -0.493 e. The number of aromatic nitrogens is 2. The van der Waals surface area contributed by atoms with Gasteiger partial charge in [0, 0.05) is 24.1 Å². The van der Waals surface area contributed by atoms with Gasteiger partial charge < -0.3 is 14.0 Å². The molecule has 3 rings (SSSR count). The molecule has 2 heterocycles. The molecule has 0 aliphatic carbocycles. The van der Waals surface area contributed by atoms with E-state index in [1.54, 1.807) is 24.4 Å². The summed E-state index contributed by atoms with van der Waals surface area (Å²) in [7, 11) is 1.44. The second-order valence-electron chi connectivity index (χ2n) is 5.44. The van der Waals surface area contributed by atoms with E-state index in [9.17, 15) is 4.79 Å². The van der Waals surface area contributed by atoms with Crippen LogP contribution in [-0.4, -0.2) is 23.2 Å². The smallest absolute Gasteiger partial charge is 0.346 e. The van der Waals surface area contributed by atoms with E-state index in [1.807, 2.05) is 19.1 Å². The van der Waals surface area contributed by atoms with Gasteiger partial charge in [0.1, 0.15) is 10.8 Å². The Kier molecular flexibility index (Phi) is 5.74. The number of ether oxygens (including phenoxy) is 2. The van der Waals surface area contributed by atoms with Crippen LogP contribution < -0.4 is 9.47 Å². The molecule has 0 bridgehead atoms. The van der Waals surface area contributed by atoms with Crippen LogP contribution in [0.3, 0.4) is 0 Å².